The molecule has 1 rings (SSSR count). The zero-order chi connectivity index (χ0) is 14.6. The summed E-state index contributed by atoms with van der Waals surface area (Å²) in [7, 11) is 1.68. The molecule has 0 aromatic heterocycles. The maximum atomic E-state index is 12.0. The van der Waals surface area contributed by atoms with Crippen molar-refractivity contribution in [1.29, 1.82) is 0 Å². The first-order valence-corrected chi connectivity index (χ1v) is 6.35. The average Bonchev–Trinajstić information content (AvgIpc) is 2.39. The van der Waals surface area contributed by atoms with Crippen LogP contribution < -0.4 is 11.1 Å². The Morgan fingerprint density at radius 2 is 2.11 bits per heavy atom. The van der Waals surface area contributed by atoms with E-state index in [1.807, 2.05) is 6.92 Å². The number of rotatable bonds is 4. The predicted molar refractivity (Wildman–Crippen MR) is 76.1 cm³/mol. The molecule has 0 saturated heterocycles. The molecule has 0 bridgehead atoms. The second-order valence-electron chi connectivity index (χ2n) is 4.28. The molecular formula is C13H18ClN3O2. The lowest BCUT2D eigenvalue weighted by Gasteiger charge is -2.20. The van der Waals surface area contributed by atoms with Crippen LogP contribution in [0.15, 0.2) is 18.2 Å². The van der Waals surface area contributed by atoms with Crippen molar-refractivity contribution in [2.75, 3.05) is 19.3 Å². The lowest BCUT2D eigenvalue weighted by atomic mass is 10.1. The van der Waals surface area contributed by atoms with Gasteiger partial charge in [-0.2, -0.15) is 0 Å². The summed E-state index contributed by atoms with van der Waals surface area (Å²) < 4.78 is 0. The topological polar surface area (TPSA) is 75.4 Å². The fourth-order valence-electron chi connectivity index (χ4n) is 1.55. The van der Waals surface area contributed by atoms with E-state index in [9.17, 15) is 9.59 Å². The molecule has 1 unspecified atom stereocenters. The number of carbonyl (C=O) groups is 2. The number of nitrogens with zero attached hydrogens (tertiary/aromatic N) is 1. The van der Waals surface area contributed by atoms with E-state index in [4.69, 9.17) is 17.3 Å². The van der Waals surface area contributed by atoms with Gasteiger partial charge >= 0.3 is 0 Å². The third kappa shape index (κ3) is 3.86. The molecule has 0 radical (unpaired) electrons. The van der Waals surface area contributed by atoms with E-state index in [0.29, 0.717) is 17.3 Å². The molecule has 0 spiro atoms. The third-order valence-corrected chi connectivity index (χ3v) is 3.06. The van der Waals surface area contributed by atoms with Crippen molar-refractivity contribution >= 4 is 29.1 Å². The number of benzene rings is 1. The maximum absolute atomic E-state index is 12.0. The molecule has 1 aromatic carbocycles. The van der Waals surface area contributed by atoms with Crippen LogP contribution in [0.5, 0.6) is 0 Å². The predicted octanol–water partition coefficient (Wildman–Crippen LogP) is 1.52. The number of hydrogen-bond donors (Lipinski definition) is 2. The van der Waals surface area contributed by atoms with E-state index >= 15 is 0 Å². The zero-order valence-corrected chi connectivity index (χ0v) is 12.0. The summed E-state index contributed by atoms with van der Waals surface area (Å²) in [6.45, 7) is 4.08. The Kier molecular flexibility index (Phi) is 5.18. The van der Waals surface area contributed by atoms with Crippen molar-refractivity contribution in [1.82, 2.24) is 10.2 Å². The third-order valence-electron chi connectivity index (χ3n) is 2.83. The summed E-state index contributed by atoms with van der Waals surface area (Å²) in [6.07, 6.45) is 0. The summed E-state index contributed by atoms with van der Waals surface area (Å²) in [5.74, 6) is -0.568. The van der Waals surface area contributed by atoms with Crippen molar-refractivity contribution in [3.8, 4) is 0 Å². The first kappa shape index (κ1) is 15.3. The number of likely N-dealkylation sites (N-methyl/N-ethyl adjacent to an activating group) is 1. The van der Waals surface area contributed by atoms with Gasteiger partial charge in [0.1, 0.15) is 6.04 Å². The fraction of sp³-hybridized carbons (Fsp3) is 0.385. The summed E-state index contributed by atoms with van der Waals surface area (Å²) in [6, 6.07) is 4.03. The molecule has 6 heteroatoms. The minimum Gasteiger partial charge on any atom is -0.398 e. The first-order valence-electron chi connectivity index (χ1n) is 5.97. The number of anilines is 1. The zero-order valence-electron chi connectivity index (χ0n) is 11.2. The van der Waals surface area contributed by atoms with Crippen LogP contribution in [0, 0.1) is 0 Å². The second-order valence-corrected chi connectivity index (χ2v) is 4.72. The Morgan fingerprint density at radius 3 is 2.68 bits per heavy atom. The quantitative estimate of drug-likeness (QED) is 0.823. The summed E-state index contributed by atoms with van der Waals surface area (Å²) >= 11 is 5.82. The highest BCUT2D eigenvalue weighted by molar-refractivity contribution is 6.31. The first-order chi connectivity index (χ1) is 8.86. The lowest BCUT2D eigenvalue weighted by molar-refractivity contribution is -0.131. The van der Waals surface area contributed by atoms with Crippen LogP contribution in [0.25, 0.3) is 0 Å². The Morgan fingerprint density at radius 1 is 1.47 bits per heavy atom. The molecule has 0 heterocycles. The molecule has 0 aliphatic rings. The van der Waals surface area contributed by atoms with E-state index in [0.717, 1.165) is 0 Å². The molecule has 3 N–H and O–H groups in total. The van der Waals surface area contributed by atoms with Crippen molar-refractivity contribution in [3.63, 3.8) is 0 Å². The number of hydrogen-bond acceptors (Lipinski definition) is 3. The Balaban J connectivity index is 2.80. The van der Waals surface area contributed by atoms with Gasteiger partial charge in [-0.25, -0.2) is 0 Å². The van der Waals surface area contributed by atoms with Gasteiger partial charge in [0, 0.05) is 24.3 Å². The van der Waals surface area contributed by atoms with Gasteiger partial charge in [-0.15, -0.1) is 0 Å². The highest BCUT2D eigenvalue weighted by Crippen LogP contribution is 2.17. The monoisotopic (exact) mass is 283 g/mol. The standard InChI is InChI=1S/C13H18ClN3O2/c1-4-17(3)13(19)8(2)16-12(18)10-7-9(14)5-6-11(10)15/h5-8H,4,15H2,1-3H3,(H,16,18). The van der Waals surface area contributed by atoms with E-state index in [1.54, 1.807) is 26.1 Å². The molecule has 0 fully saturated rings. The van der Waals surface area contributed by atoms with Gasteiger partial charge in [0.25, 0.3) is 5.91 Å². The van der Waals surface area contributed by atoms with Crippen molar-refractivity contribution in [2.45, 2.75) is 19.9 Å². The molecule has 2 amide bonds. The normalized spacial score (nSPS) is 11.8. The SMILES string of the molecule is CCN(C)C(=O)C(C)NC(=O)c1cc(Cl)ccc1N. The number of halogens is 1. The molecule has 104 valence electrons. The molecule has 5 nitrogen and oxygen atoms in total. The number of nitrogens with one attached hydrogen (secondary N) is 1. The molecule has 19 heavy (non-hydrogen) atoms. The molecule has 0 aliphatic heterocycles. The molecule has 0 saturated carbocycles. The van der Waals surface area contributed by atoms with Gasteiger partial charge in [0.2, 0.25) is 5.91 Å². The summed E-state index contributed by atoms with van der Waals surface area (Å²) in [5, 5.41) is 3.03. The van der Waals surface area contributed by atoms with Crippen molar-refractivity contribution < 1.29 is 9.59 Å². The van der Waals surface area contributed by atoms with Gasteiger partial charge in [-0.3, -0.25) is 9.59 Å². The number of nitrogens with two attached hydrogens (primary N) is 1. The smallest absolute Gasteiger partial charge is 0.254 e. The van der Waals surface area contributed by atoms with Crippen LogP contribution in [-0.2, 0) is 4.79 Å². The van der Waals surface area contributed by atoms with Crippen LogP contribution >= 0.6 is 11.6 Å². The largest absolute Gasteiger partial charge is 0.398 e. The Bertz CT molecular complexity index is 491. The van der Waals surface area contributed by atoms with Crippen LogP contribution in [0.2, 0.25) is 5.02 Å². The number of carbonyl (C=O) groups excluding carboxylic acids is 2. The Labute approximate surface area is 117 Å². The van der Waals surface area contributed by atoms with E-state index in [2.05, 4.69) is 5.32 Å². The van der Waals surface area contributed by atoms with Crippen LogP contribution in [-0.4, -0.2) is 36.3 Å². The Hall–Kier alpha value is -1.75. The summed E-state index contributed by atoms with van der Waals surface area (Å²) in [4.78, 5) is 25.4. The van der Waals surface area contributed by atoms with Gasteiger partial charge < -0.3 is 16.0 Å². The average molecular weight is 284 g/mol. The fourth-order valence-corrected chi connectivity index (χ4v) is 1.72. The van der Waals surface area contributed by atoms with Crippen LogP contribution in [0.1, 0.15) is 24.2 Å². The molecule has 1 atom stereocenters. The van der Waals surface area contributed by atoms with E-state index < -0.39 is 11.9 Å². The number of amides is 2. The van der Waals surface area contributed by atoms with Gasteiger partial charge in [-0.1, -0.05) is 11.6 Å². The van der Waals surface area contributed by atoms with Crippen LogP contribution in [0.3, 0.4) is 0 Å². The lowest BCUT2D eigenvalue weighted by Crippen LogP contribution is -2.45. The molecule has 1 aromatic rings. The minimum atomic E-state index is -0.615. The highest BCUT2D eigenvalue weighted by Gasteiger charge is 2.20. The maximum Gasteiger partial charge on any atom is 0.254 e. The second kappa shape index (κ2) is 6.43. The van der Waals surface area contributed by atoms with Crippen molar-refractivity contribution in [3.05, 3.63) is 28.8 Å². The molecule has 0 aliphatic carbocycles. The van der Waals surface area contributed by atoms with Gasteiger partial charge in [0.15, 0.2) is 0 Å². The highest BCUT2D eigenvalue weighted by atomic mass is 35.5. The van der Waals surface area contributed by atoms with Gasteiger partial charge in [0.05, 0.1) is 5.56 Å². The van der Waals surface area contributed by atoms with Gasteiger partial charge in [-0.05, 0) is 32.0 Å². The minimum absolute atomic E-state index is 0.156. The summed E-state index contributed by atoms with van der Waals surface area (Å²) in [5.41, 5.74) is 6.31. The van der Waals surface area contributed by atoms with Crippen LogP contribution in [0.4, 0.5) is 5.69 Å². The molecular weight excluding hydrogens is 266 g/mol. The van der Waals surface area contributed by atoms with E-state index in [1.165, 1.54) is 11.0 Å². The number of nitrogen functional groups attached to an aromatic ring is 1. The van der Waals surface area contributed by atoms with Crippen molar-refractivity contribution in [2.24, 2.45) is 0 Å². The van der Waals surface area contributed by atoms with E-state index in [-0.39, 0.29) is 11.5 Å².